The van der Waals surface area contributed by atoms with Gasteiger partial charge in [-0.25, -0.2) is 0 Å². The summed E-state index contributed by atoms with van der Waals surface area (Å²) in [7, 11) is 0. The molecular formula is C60H114O6. The van der Waals surface area contributed by atoms with Gasteiger partial charge in [0.05, 0.1) is 0 Å². The summed E-state index contributed by atoms with van der Waals surface area (Å²) in [5.41, 5.74) is 0. The van der Waals surface area contributed by atoms with Crippen LogP contribution in [0.1, 0.15) is 335 Å². The van der Waals surface area contributed by atoms with Gasteiger partial charge < -0.3 is 14.2 Å². The van der Waals surface area contributed by atoms with Crippen LogP contribution < -0.4 is 0 Å². The third-order valence-corrected chi connectivity index (χ3v) is 13.5. The van der Waals surface area contributed by atoms with Gasteiger partial charge in [-0.1, -0.05) is 283 Å². The molecule has 6 heteroatoms. The monoisotopic (exact) mass is 931 g/mol. The quantitative estimate of drug-likeness (QED) is 0.0262. The molecule has 0 bridgehead atoms. The zero-order valence-electron chi connectivity index (χ0n) is 44.7. The van der Waals surface area contributed by atoms with E-state index in [9.17, 15) is 14.4 Å². The highest BCUT2D eigenvalue weighted by Gasteiger charge is 2.19. The van der Waals surface area contributed by atoms with Crippen LogP contribution in [0.2, 0.25) is 0 Å². The van der Waals surface area contributed by atoms with E-state index < -0.39 is 6.10 Å². The van der Waals surface area contributed by atoms with Crippen molar-refractivity contribution in [3.63, 3.8) is 0 Å². The summed E-state index contributed by atoms with van der Waals surface area (Å²) in [6, 6.07) is 0. The summed E-state index contributed by atoms with van der Waals surface area (Å²) in [5.74, 6) is -0.840. The Labute approximate surface area is 411 Å². The zero-order chi connectivity index (χ0) is 47.9. The van der Waals surface area contributed by atoms with Crippen LogP contribution in [-0.4, -0.2) is 37.2 Å². The van der Waals surface area contributed by atoms with Crippen molar-refractivity contribution in [3.8, 4) is 0 Å². The maximum atomic E-state index is 12.9. The molecule has 0 N–H and O–H groups in total. The van der Waals surface area contributed by atoms with Gasteiger partial charge in [0.1, 0.15) is 13.2 Å². The van der Waals surface area contributed by atoms with Gasteiger partial charge in [-0.2, -0.15) is 0 Å². The predicted octanol–water partition coefficient (Wildman–Crippen LogP) is 19.7. The van der Waals surface area contributed by atoms with Crippen LogP contribution in [0.5, 0.6) is 0 Å². The molecule has 0 aromatic rings. The van der Waals surface area contributed by atoms with Crippen LogP contribution in [-0.2, 0) is 28.6 Å². The second-order valence-corrected chi connectivity index (χ2v) is 20.3. The van der Waals surface area contributed by atoms with E-state index in [1.54, 1.807) is 0 Å². The van der Waals surface area contributed by atoms with Gasteiger partial charge in [-0.3, -0.25) is 14.4 Å². The molecule has 0 rings (SSSR count). The molecule has 0 fully saturated rings. The summed E-state index contributed by atoms with van der Waals surface area (Å²) in [6.45, 7) is 6.69. The third-order valence-electron chi connectivity index (χ3n) is 13.5. The first-order valence-corrected chi connectivity index (χ1v) is 29.7. The van der Waals surface area contributed by atoms with E-state index in [2.05, 4.69) is 32.9 Å². The standard InChI is InChI=1S/C60H114O6/c1-4-7-10-13-16-19-22-25-27-29-30-31-33-35-38-41-44-47-50-53-59(62)65-56-57(55-64-58(61)52-49-46-43-40-37-34-24-21-18-15-12-9-6-3)66-60(63)54-51-48-45-42-39-36-32-28-26-23-20-17-14-11-8-5-2/h25,27,57H,4-24,26,28-56H2,1-3H3/b27-25-. The van der Waals surface area contributed by atoms with Gasteiger partial charge in [0.15, 0.2) is 6.10 Å². The van der Waals surface area contributed by atoms with E-state index in [1.165, 1.54) is 238 Å². The Hall–Kier alpha value is -1.85. The first-order chi connectivity index (χ1) is 32.5. The fraction of sp³-hybridized carbons (Fsp3) is 0.917. The van der Waals surface area contributed by atoms with Crippen molar-refractivity contribution in [2.45, 2.75) is 341 Å². The van der Waals surface area contributed by atoms with Crippen molar-refractivity contribution in [3.05, 3.63) is 12.2 Å². The highest BCUT2D eigenvalue weighted by molar-refractivity contribution is 5.71. The summed E-state index contributed by atoms with van der Waals surface area (Å²) >= 11 is 0. The molecule has 0 saturated heterocycles. The molecule has 0 aliphatic rings. The molecule has 0 saturated carbocycles. The minimum atomic E-state index is -0.765. The average Bonchev–Trinajstić information content (AvgIpc) is 3.31. The topological polar surface area (TPSA) is 78.9 Å². The van der Waals surface area contributed by atoms with E-state index in [0.717, 1.165) is 57.8 Å². The van der Waals surface area contributed by atoms with Crippen LogP contribution in [0.15, 0.2) is 12.2 Å². The number of rotatable bonds is 55. The van der Waals surface area contributed by atoms with E-state index in [0.29, 0.717) is 19.3 Å². The lowest BCUT2D eigenvalue weighted by Gasteiger charge is -2.18. The van der Waals surface area contributed by atoms with Crippen molar-refractivity contribution < 1.29 is 28.6 Å². The second-order valence-electron chi connectivity index (χ2n) is 20.3. The average molecular weight is 932 g/mol. The summed E-state index contributed by atoms with van der Waals surface area (Å²) in [6.07, 6.45) is 63.4. The number of carbonyl (C=O) groups excluding carboxylic acids is 3. The zero-order valence-corrected chi connectivity index (χ0v) is 44.7. The van der Waals surface area contributed by atoms with Gasteiger partial charge in [0.25, 0.3) is 0 Å². The van der Waals surface area contributed by atoms with Gasteiger partial charge in [-0.05, 0) is 44.9 Å². The Morgan fingerprint density at radius 2 is 0.500 bits per heavy atom. The highest BCUT2D eigenvalue weighted by Crippen LogP contribution is 2.17. The fourth-order valence-corrected chi connectivity index (χ4v) is 9.03. The number of esters is 3. The van der Waals surface area contributed by atoms with Crippen LogP contribution in [0.25, 0.3) is 0 Å². The molecule has 6 nitrogen and oxygen atoms in total. The molecule has 0 amide bonds. The minimum Gasteiger partial charge on any atom is -0.462 e. The fourth-order valence-electron chi connectivity index (χ4n) is 9.03. The SMILES string of the molecule is CCCCCCCC/C=C\CCCCCCCCCCCC(=O)OCC(COC(=O)CCCCCCCCCCCCCCC)OC(=O)CCCCCCCCCCCCCCCCCC. The van der Waals surface area contributed by atoms with E-state index in [-0.39, 0.29) is 31.1 Å². The van der Waals surface area contributed by atoms with Crippen molar-refractivity contribution >= 4 is 17.9 Å². The van der Waals surface area contributed by atoms with Crippen LogP contribution >= 0.6 is 0 Å². The number of carbonyl (C=O) groups is 3. The molecule has 0 aromatic carbocycles. The molecule has 0 aliphatic heterocycles. The first kappa shape index (κ1) is 64.2. The van der Waals surface area contributed by atoms with Gasteiger partial charge in [0.2, 0.25) is 0 Å². The van der Waals surface area contributed by atoms with Crippen LogP contribution in [0, 0.1) is 0 Å². The van der Waals surface area contributed by atoms with Gasteiger partial charge in [-0.15, -0.1) is 0 Å². The molecule has 1 atom stereocenters. The Balaban J connectivity index is 4.29. The molecule has 0 aliphatic carbocycles. The number of hydrogen-bond acceptors (Lipinski definition) is 6. The Morgan fingerprint density at radius 3 is 0.758 bits per heavy atom. The van der Waals surface area contributed by atoms with Crippen molar-refractivity contribution in [2.24, 2.45) is 0 Å². The normalized spacial score (nSPS) is 12.0. The maximum absolute atomic E-state index is 12.9. The van der Waals surface area contributed by atoms with Gasteiger partial charge >= 0.3 is 17.9 Å². The summed E-state index contributed by atoms with van der Waals surface area (Å²) in [4.78, 5) is 38.2. The molecule has 390 valence electrons. The summed E-state index contributed by atoms with van der Waals surface area (Å²) in [5, 5.41) is 0. The summed E-state index contributed by atoms with van der Waals surface area (Å²) < 4.78 is 16.9. The minimum absolute atomic E-state index is 0.0643. The molecular weight excluding hydrogens is 817 g/mol. The molecule has 0 spiro atoms. The number of unbranched alkanes of at least 4 members (excludes halogenated alkanes) is 42. The Morgan fingerprint density at radius 1 is 0.288 bits per heavy atom. The van der Waals surface area contributed by atoms with Crippen molar-refractivity contribution in [1.29, 1.82) is 0 Å². The van der Waals surface area contributed by atoms with E-state index in [4.69, 9.17) is 14.2 Å². The number of allylic oxidation sites excluding steroid dienone is 2. The second kappa shape index (κ2) is 55.7. The molecule has 0 aromatic heterocycles. The van der Waals surface area contributed by atoms with E-state index in [1.807, 2.05) is 0 Å². The molecule has 0 radical (unpaired) electrons. The predicted molar refractivity (Wildman–Crippen MR) is 284 cm³/mol. The van der Waals surface area contributed by atoms with Crippen LogP contribution in [0.3, 0.4) is 0 Å². The van der Waals surface area contributed by atoms with Crippen molar-refractivity contribution in [2.75, 3.05) is 13.2 Å². The molecule has 66 heavy (non-hydrogen) atoms. The lowest BCUT2D eigenvalue weighted by atomic mass is 10.0. The largest absolute Gasteiger partial charge is 0.462 e. The lowest BCUT2D eigenvalue weighted by molar-refractivity contribution is -0.167. The third kappa shape index (κ3) is 53.1. The Bertz CT molecular complexity index is 1020. The van der Waals surface area contributed by atoms with Gasteiger partial charge in [0, 0.05) is 19.3 Å². The van der Waals surface area contributed by atoms with Crippen LogP contribution in [0.4, 0.5) is 0 Å². The highest BCUT2D eigenvalue weighted by atomic mass is 16.6. The Kier molecular flexibility index (Phi) is 54.2. The maximum Gasteiger partial charge on any atom is 0.306 e. The number of hydrogen-bond donors (Lipinski definition) is 0. The lowest BCUT2D eigenvalue weighted by Crippen LogP contribution is -2.30. The number of ether oxygens (including phenoxy) is 3. The molecule has 1 unspecified atom stereocenters. The first-order valence-electron chi connectivity index (χ1n) is 29.7. The van der Waals surface area contributed by atoms with Crippen molar-refractivity contribution in [1.82, 2.24) is 0 Å². The van der Waals surface area contributed by atoms with E-state index >= 15 is 0 Å². The molecule has 0 heterocycles. The smallest absolute Gasteiger partial charge is 0.306 e.